The molecule has 0 aliphatic heterocycles. The highest BCUT2D eigenvalue weighted by molar-refractivity contribution is 6.93. The number of rotatable bonds is 10. The molecule has 2 rings (SSSR count). The van der Waals surface area contributed by atoms with Gasteiger partial charge in [0.2, 0.25) is 0 Å². The summed E-state index contributed by atoms with van der Waals surface area (Å²) in [6, 6.07) is 11.0. The van der Waals surface area contributed by atoms with Gasteiger partial charge in [0.15, 0.2) is 0 Å². The third kappa shape index (κ3) is 4.84. The van der Waals surface area contributed by atoms with Crippen LogP contribution in [-0.4, -0.2) is 14.0 Å². The van der Waals surface area contributed by atoms with Crippen molar-refractivity contribution in [1.29, 1.82) is 0 Å². The van der Waals surface area contributed by atoms with E-state index in [1.807, 2.05) is 0 Å². The maximum absolute atomic E-state index is 11.3. The van der Waals surface area contributed by atoms with E-state index < -0.39 is 8.07 Å². The van der Waals surface area contributed by atoms with Gasteiger partial charge in [0.25, 0.3) is 0 Å². The van der Waals surface area contributed by atoms with Crippen molar-refractivity contribution in [2.75, 3.05) is 0 Å². The highest BCUT2D eigenvalue weighted by Gasteiger charge is 2.51. The Morgan fingerprint density at radius 2 is 1.68 bits per heavy atom. The van der Waals surface area contributed by atoms with Crippen molar-refractivity contribution in [3.8, 4) is 0 Å². The van der Waals surface area contributed by atoms with Gasteiger partial charge in [-0.3, -0.25) is 4.79 Å². The van der Waals surface area contributed by atoms with Crippen LogP contribution in [0.1, 0.15) is 65.2 Å². The molecule has 0 bridgehead atoms. The minimum absolute atomic E-state index is 0.196. The van der Waals surface area contributed by atoms with Crippen molar-refractivity contribution in [3.63, 3.8) is 0 Å². The first kappa shape index (κ1) is 20.0. The first-order valence-corrected chi connectivity index (χ1v) is 12.9. The molecule has 1 aliphatic rings. The van der Waals surface area contributed by atoms with Gasteiger partial charge >= 0.3 is 5.97 Å². The maximum Gasteiger partial charge on any atom is 0.307 e. The lowest BCUT2D eigenvalue weighted by atomic mass is 9.86. The van der Waals surface area contributed by atoms with Crippen LogP contribution in [0, 0.1) is 0 Å². The lowest BCUT2D eigenvalue weighted by Crippen LogP contribution is -2.55. The number of allylic oxidation sites excluding steroid dienone is 2. The molecular weight excluding hydrogens is 324 g/mol. The zero-order valence-corrected chi connectivity index (χ0v) is 17.4. The molecule has 2 nitrogen and oxygen atoms in total. The number of hydrogen-bond acceptors (Lipinski definition) is 2. The van der Waals surface area contributed by atoms with Crippen molar-refractivity contribution < 1.29 is 9.53 Å². The summed E-state index contributed by atoms with van der Waals surface area (Å²) in [7, 11) is -1.68. The standard InChI is InChI=1S/C22H34O2Si/c1-5-6-7-8-9-13-16-22(17-20(18-22)24-19(2)23)25(3,4)21-14-11-10-12-15-21/h10-12,14-15,17H,5-9,13,16,18H2,1-4H3. The summed E-state index contributed by atoms with van der Waals surface area (Å²) in [4.78, 5) is 11.3. The Morgan fingerprint density at radius 1 is 1.08 bits per heavy atom. The number of ether oxygens (including phenoxy) is 1. The average Bonchev–Trinajstić information content (AvgIpc) is 2.55. The molecule has 1 aromatic carbocycles. The predicted molar refractivity (Wildman–Crippen MR) is 109 cm³/mol. The Hall–Kier alpha value is -1.35. The minimum atomic E-state index is -1.68. The fourth-order valence-electron chi connectivity index (χ4n) is 4.08. The van der Waals surface area contributed by atoms with Crippen LogP contribution in [0.15, 0.2) is 42.2 Å². The van der Waals surface area contributed by atoms with Crippen molar-refractivity contribution in [1.82, 2.24) is 0 Å². The molecule has 0 saturated heterocycles. The van der Waals surface area contributed by atoms with Gasteiger partial charge in [-0.2, -0.15) is 0 Å². The summed E-state index contributed by atoms with van der Waals surface area (Å²) in [6.45, 7) is 8.70. The third-order valence-corrected chi connectivity index (χ3v) is 10.8. The first-order chi connectivity index (χ1) is 11.9. The zero-order chi connectivity index (χ0) is 18.3. The second kappa shape index (κ2) is 8.84. The van der Waals surface area contributed by atoms with E-state index in [2.05, 4.69) is 56.4 Å². The molecule has 0 heterocycles. The van der Waals surface area contributed by atoms with Crippen LogP contribution in [-0.2, 0) is 9.53 Å². The van der Waals surface area contributed by atoms with E-state index in [4.69, 9.17) is 4.74 Å². The Labute approximate surface area is 154 Å². The van der Waals surface area contributed by atoms with E-state index in [1.165, 1.54) is 57.1 Å². The van der Waals surface area contributed by atoms with E-state index in [-0.39, 0.29) is 11.0 Å². The highest BCUT2D eigenvalue weighted by atomic mass is 28.3. The van der Waals surface area contributed by atoms with Crippen LogP contribution in [0.25, 0.3) is 0 Å². The average molecular weight is 359 g/mol. The molecule has 1 unspecified atom stereocenters. The fourth-order valence-corrected chi connectivity index (χ4v) is 7.62. The smallest absolute Gasteiger partial charge is 0.307 e. The number of hydrogen-bond donors (Lipinski definition) is 0. The molecule has 0 amide bonds. The van der Waals surface area contributed by atoms with Crippen molar-refractivity contribution in [3.05, 3.63) is 42.2 Å². The summed E-state index contributed by atoms with van der Waals surface area (Å²) in [5.74, 6) is 0.689. The summed E-state index contributed by atoms with van der Waals surface area (Å²) in [5, 5.41) is 1.73. The van der Waals surface area contributed by atoms with E-state index >= 15 is 0 Å². The van der Waals surface area contributed by atoms with Gasteiger partial charge in [-0.1, -0.05) is 94.1 Å². The van der Waals surface area contributed by atoms with Crippen LogP contribution in [0.4, 0.5) is 0 Å². The Balaban J connectivity index is 2.09. The maximum atomic E-state index is 11.3. The van der Waals surface area contributed by atoms with Crippen LogP contribution >= 0.6 is 0 Å². The molecule has 1 aromatic rings. The zero-order valence-electron chi connectivity index (χ0n) is 16.4. The van der Waals surface area contributed by atoms with Gasteiger partial charge in [0.05, 0.1) is 8.07 Å². The van der Waals surface area contributed by atoms with Crippen LogP contribution in [0.5, 0.6) is 0 Å². The largest absolute Gasteiger partial charge is 0.432 e. The van der Waals surface area contributed by atoms with E-state index in [0.29, 0.717) is 0 Å². The normalized spacial score (nSPS) is 19.9. The molecule has 0 aromatic heterocycles. The third-order valence-electron chi connectivity index (χ3n) is 5.92. The van der Waals surface area contributed by atoms with Crippen molar-refractivity contribution in [2.24, 2.45) is 0 Å². The number of carbonyl (C=O) groups is 1. The second-order valence-corrected chi connectivity index (χ2v) is 12.9. The van der Waals surface area contributed by atoms with Gasteiger partial charge in [0, 0.05) is 13.3 Å². The Bertz CT molecular complexity index is 591. The van der Waals surface area contributed by atoms with Gasteiger partial charge in [-0.05, 0) is 17.5 Å². The lowest BCUT2D eigenvalue weighted by molar-refractivity contribution is -0.137. The second-order valence-electron chi connectivity index (χ2n) is 8.05. The van der Waals surface area contributed by atoms with Crippen LogP contribution < -0.4 is 5.19 Å². The molecule has 0 spiro atoms. The molecule has 0 saturated carbocycles. The molecular formula is C22H34O2Si. The summed E-state index contributed by atoms with van der Waals surface area (Å²) < 4.78 is 5.38. The first-order valence-electron chi connectivity index (χ1n) is 9.87. The highest BCUT2D eigenvalue weighted by Crippen LogP contribution is 2.56. The molecule has 3 heteroatoms. The molecule has 0 N–H and O–H groups in total. The van der Waals surface area contributed by atoms with E-state index in [9.17, 15) is 4.79 Å². The molecule has 1 atom stereocenters. The van der Waals surface area contributed by atoms with E-state index in [1.54, 1.807) is 0 Å². The van der Waals surface area contributed by atoms with Crippen LogP contribution in [0.3, 0.4) is 0 Å². The topological polar surface area (TPSA) is 26.3 Å². The summed E-state index contributed by atoms with van der Waals surface area (Å²) >= 11 is 0. The molecule has 0 fully saturated rings. The summed E-state index contributed by atoms with van der Waals surface area (Å²) in [5.41, 5.74) is 0. The number of carbonyl (C=O) groups excluding carboxylic acids is 1. The Kier molecular flexibility index (Phi) is 7.06. The molecule has 138 valence electrons. The number of unbranched alkanes of at least 4 members (excludes halogenated alkanes) is 5. The van der Waals surface area contributed by atoms with Gasteiger partial charge < -0.3 is 4.74 Å². The predicted octanol–water partition coefficient (Wildman–Crippen LogP) is 5.94. The monoisotopic (exact) mass is 358 g/mol. The molecule has 0 radical (unpaired) electrons. The number of benzene rings is 1. The van der Waals surface area contributed by atoms with E-state index in [0.717, 1.165) is 12.2 Å². The molecule has 25 heavy (non-hydrogen) atoms. The minimum Gasteiger partial charge on any atom is -0.432 e. The fraction of sp³-hybridized carbons (Fsp3) is 0.591. The van der Waals surface area contributed by atoms with Crippen molar-refractivity contribution in [2.45, 2.75) is 83.3 Å². The lowest BCUT2D eigenvalue weighted by Gasteiger charge is -2.49. The SMILES string of the molecule is CCCCCCCCC1([Si](C)(C)c2ccccc2)C=C(OC(C)=O)C1. The van der Waals surface area contributed by atoms with Crippen molar-refractivity contribution >= 4 is 19.2 Å². The Morgan fingerprint density at radius 3 is 2.28 bits per heavy atom. The van der Waals surface area contributed by atoms with Gasteiger partial charge in [-0.15, -0.1) is 0 Å². The number of esters is 1. The summed E-state index contributed by atoms with van der Waals surface area (Å²) in [6.07, 6.45) is 12.4. The van der Waals surface area contributed by atoms with Gasteiger partial charge in [-0.25, -0.2) is 0 Å². The van der Waals surface area contributed by atoms with Crippen LogP contribution in [0.2, 0.25) is 18.1 Å². The van der Waals surface area contributed by atoms with Gasteiger partial charge in [0.1, 0.15) is 5.76 Å². The quantitative estimate of drug-likeness (QED) is 0.294. The molecule has 1 aliphatic carbocycles.